The van der Waals surface area contributed by atoms with E-state index in [1.165, 1.54) is 0 Å². The van der Waals surface area contributed by atoms with Crippen LogP contribution in [0.25, 0.3) is 11.0 Å². The molecule has 2 aromatic heterocycles. The standard InChI is InChI=1S/C22H19N5O3S/c1-2-21(28)20-12-17(9-10-23-20)30-16-6-3-14(4-7-16)13-24-22(29)25-15-5-8-18-19(11-15)27-31-26-18/h3-12H,2,13H2,1H3,(H2,24,25,29). The lowest BCUT2D eigenvalue weighted by atomic mass is 10.2. The number of pyridine rings is 1. The van der Waals surface area contributed by atoms with Crippen LogP contribution >= 0.6 is 11.7 Å². The van der Waals surface area contributed by atoms with E-state index in [9.17, 15) is 9.59 Å². The first-order chi connectivity index (χ1) is 15.1. The van der Waals surface area contributed by atoms with Gasteiger partial charge in [0.1, 0.15) is 28.2 Å². The zero-order valence-corrected chi connectivity index (χ0v) is 17.5. The molecular weight excluding hydrogens is 414 g/mol. The molecular formula is C22H19N5O3S. The second kappa shape index (κ2) is 9.31. The van der Waals surface area contributed by atoms with Gasteiger partial charge in [-0.05, 0) is 42.0 Å². The Morgan fingerprint density at radius 2 is 1.77 bits per heavy atom. The molecule has 2 heterocycles. The second-order valence-corrected chi connectivity index (χ2v) is 7.20. The van der Waals surface area contributed by atoms with Crippen LogP contribution in [0.5, 0.6) is 11.5 Å². The molecule has 8 nitrogen and oxygen atoms in total. The Labute approximate surface area is 182 Å². The number of nitrogens with one attached hydrogen (secondary N) is 2. The van der Waals surface area contributed by atoms with Gasteiger partial charge < -0.3 is 15.4 Å². The molecule has 0 fully saturated rings. The second-order valence-electron chi connectivity index (χ2n) is 6.67. The molecule has 0 spiro atoms. The third-order valence-corrected chi connectivity index (χ3v) is 5.02. The molecule has 0 saturated carbocycles. The number of Topliss-reactive ketones (excluding diaryl/α,β-unsaturated/α-hetero) is 1. The molecule has 0 radical (unpaired) electrons. The number of hydrogen-bond donors (Lipinski definition) is 2. The topological polar surface area (TPSA) is 106 Å². The van der Waals surface area contributed by atoms with Gasteiger partial charge in [0.15, 0.2) is 5.78 Å². The molecule has 2 aromatic carbocycles. The molecule has 0 atom stereocenters. The number of carbonyl (C=O) groups excluding carboxylic acids is 2. The molecule has 0 bridgehead atoms. The number of ketones is 1. The van der Waals surface area contributed by atoms with Crippen molar-refractivity contribution < 1.29 is 14.3 Å². The van der Waals surface area contributed by atoms with E-state index < -0.39 is 0 Å². The Bertz CT molecular complexity index is 1220. The van der Waals surface area contributed by atoms with Gasteiger partial charge in [-0.1, -0.05) is 19.1 Å². The number of fused-ring (bicyclic) bond motifs is 1. The fraction of sp³-hybridized carbons (Fsp3) is 0.136. The maximum absolute atomic E-state index is 12.2. The van der Waals surface area contributed by atoms with Crippen LogP contribution in [0, 0.1) is 0 Å². The summed E-state index contributed by atoms with van der Waals surface area (Å²) in [7, 11) is 0. The van der Waals surface area contributed by atoms with Gasteiger partial charge in [-0.2, -0.15) is 8.75 Å². The summed E-state index contributed by atoms with van der Waals surface area (Å²) >= 11 is 1.14. The highest BCUT2D eigenvalue weighted by Gasteiger charge is 2.08. The van der Waals surface area contributed by atoms with E-state index in [1.807, 2.05) is 18.2 Å². The van der Waals surface area contributed by atoms with Crippen LogP contribution in [-0.4, -0.2) is 25.5 Å². The summed E-state index contributed by atoms with van der Waals surface area (Å²) < 4.78 is 14.1. The third-order valence-electron chi connectivity index (χ3n) is 4.46. The Hall–Kier alpha value is -3.85. The molecule has 2 amide bonds. The molecule has 0 unspecified atom stereocenters. The van der Waals surface area contributed by atoms with Gasteiger partial charge in [0.25, 0.3) is 0 Å². The molecule has 4 rings (SSSR count). The van der Waals surface area contributed by atoms with Gasteiger partial charge in [0.2, 0.25) is 0 Å². The van der Waals surface area contributed by atoms with Crippen LogP contribution in [0.1, 0.15) is 29.4 Å². The summed E-state index contributed by atoms with van der Waals surface area (Å²) in [6.45, 7) is 2.15. The van der Waals surface area contributed by atoms with Crippen molar-refractivity contribution in [3.63, 3.8) is 0 Å². The van der Waals surface area contributed by atoms with E-state index in [0.717, 1.165) is 28.3 Å². The number of benzene rings is 2. The van der Waals surface area contributed by atoms with Gasteiger partial charge >= 0.3 is 6.03 Å². The number of anilines is 1. The summed E-state index contributed by atoms with van der Waals surface area (Å²) in [5, 5.41) is 5.60. The molecule has 156 valence electrons. The van der Waals surface area contributed by atoms with Crippen molar-refractivity contribution in [1.29, 1.82) is 0 Å². The van der Waals surface area contributed by atoms with Crippen molar-refractivity contribution in [2.75, 3.05) is 5.32 Å². The maximum Gasteiger partial charge on any atom is 0.319 e. The van der Waals surface area contributed by atoms with Crippen LogP contribution < -0.4 is 15.4 Å². The number of nitrogens with zero attached hydrogens (tertiary/aromatic N) is 3. The van der Waals surface area contributed by atoms with E-state index >= 15 is 0 Å². The maximum atomic E-state index is 12.2. The minimum atomic E-state index is -0.312. The SMILES string of the molecule is CCC(=O)c1cc(Oc2ccc(CNC(=O)Nc3ccc4nsnc4c3)cc2)ccn1. The molecule has 2 N–H and O–H groups in total. The minimum Gasteiger partial charge on any atom is -0.457 e. The van der Waals surface area contributed by atoms with Crippen molar-refractivity contribution in [3.8, 4) is 11.5 Å². The lowest BCUT2D eigenvalue weighted by Gasteiger charge is -2.09. The van der Waals surface area contributed by atoms with Crippen molar-refractivity contribution >= 4 is 40.3 Å². The molecule has 0 aliphatic rings. The summed E-state index contributed by atoms with van der Waals surface area (Å²) in [6, 6.07) is 15.7. The first-order valence-corrected chi connectivity index (χ1v) is 10.4. The van der Waals surface area contributed by atoms with Gasteiger partial charge in [0.05, 0.1) is 11.7 Å². The fourth-order valence-corrected chi connectivity index (χ4v) is 3.35. The highest BCUT2D eigenvalue weighted by Crippen LogP contribution is 2.22. The average molecular weight is 433 g/mol. The van der Waals surface area contributed by atoms with Crippen molar-refractivity contribution in [2.45, 2.75) is 19.9 Å². The Kier molecular flexibility index (Phi) is 6.13. The van der Waals surface area contributed by atoms with Crippen molar-refractivity contribution in [2.24, 2.45) is 0 Å². The number of urea groups is 1. The molecule has 0 aliphatic carbocycles. The lowest BCUT2D eigenvalue weighted by molar-refractivity contribution is 0.0983. The van der Waals surface area contributed by atoms with Gasteiger partial charge in [-0.15, -0.1) is 0 Å². The first kappa shape index (κ1) is 20.4. The number of hydrogen-bond acceptors (Lipinski definition) is 7. The van der Waals surface area contributed by atoms with E-state index in [0.29, 0.717) is 35.8 Å². The fourth-order valence-electron chi connectivity index (χ4n) is 2.84. The van der Waals surface area contributed by atoms with Crippen molar-refractivity contribution in [3.05, 3.63) is 72.1 Å². The van der Waals surface area contributed by atoms with Gasteiger partial charge in [-0.25, -0.2) is 4.79 Å². The summed E-state index contributed by atoms with van der Waals surface area (Å²) in [6.07, 6.45) is 1.94. The third kappa shape index (κ3) is 5.20. The minimum absolute atomic E-state index is 0.0340. The van der Waals surface area contributed by atoms with Crippen LogP contribution in [-0.2, 0) is 6.54 Å². The van der Waals surface area contributed by atoms with Gasteiger partial charge in [0, 0.05) is 30.9 Å². The highest BCUT2D eigenvalue weighted by molar-refractivity contribution is 7.00. The normalized spacial score (nSPS) is 10.6. The largest absolute Gasteiger partial charge is 0.457 e. The number of ether oxygens (including phenoxy) is 1. The summed E-state index contributed by atoms with van der Waals surface area (Å²) in [5.41, 5.74) is 3.51. The molecule has 4 aromatic rings. The first-order valence-electron chi connectivity index (χ1n) is 9.64. The highest BCUT2D eigenvalue weighted by atomic mass is 32.1. The van der Waals surface area contributed by atoms with E-state index in [1.54, 1.807) is 49.5 Å². The van der Waals surface area contributed by atoms with Crippen molar-refractivity contribution in [1.82, 2.24) is 19.0 Å². The Morgan fingerprint density at radius 3 is 2.58 bits per heavy atom. The average Bonchev–Trinajstić information content (AvgIpc) is 3.26. The number of carbonyl (C=O) groups is 2. The lowest BCUT2D eigenvalue weighted by Crippen LogP contribution is -2.28. The number of aromatic nitrogens is 3. The number of rotatable bonds is 7. The van der Waals surface area contributed by atoms with Crippen LogP contribution in [0.4, 0.5) is 10.5 Å². The molecule has 9 heteroatoms. The monoisotopic (exact) mass is 433 g/mol. The van der Waals surface area contributed by atoms with Gasteiger partial charge in [-0.3, -0.25) is 9.78 Å². The van der Waals surface area contributed by atoms with Crippen LogP contribution in [0.15, 0.2) is 60.8 Å². The Balaban J connectivity index is 1.31. The summed E-state index contributed by atoms with van der Waals surface area (Å²) in [5.74, 6) is 1.14. The quantitative estimate of drug-likeness (QED) is 0.406. The van der Waals surface area contributed by atoms with Crippen LogP contribution in [0.2, 0.25) is 0 Å². The summed E-state index contributed by atoms with van der Waals surface area (Å²) in [4.78, 5) is 28.0. The number of amides is 2. The van der Waals surface area contributed by atoms with E-state index in [4.69, 9.17) is 4.74 Å². The van der Waals surface area contributed by atoms with E-state index in [-0.39, 0.29) is 11.8 Å². The zero-order chi connectivity index (χ0) is 21.6. The molecule has 0 aliphatic heterocycles. The van der Waals surface area contributed by atoms with Crippen LogP contribution in [0.3, 0.4) is 0 Å². The molecule has 31 heavy (non-hydrogen) atoms. The molecule has 0 saturated heterocycles. The zero-order valence-electron chi connectivity index (χ0n) is 16.7. The predicted molar refractivity (Wildman–Crippen MR) is 119 cm³/mol. The Morgan fingerprint density at radius 1 is 0.968 bits per heavy atom. The van der Waals surface area contributed by atoms with E-state index in [2.05, 4.69) is 24.4 Å². The predicted octanol–water partition coefficient (Wildman–Crippen LogP) is 4.79. The smallest absolute Gasteiger partial charge is 0.319 e.